The molecule has 300 valence electrons. The van der Waals surface area contributed by atoms with Crippen molar-refractivity contribution in [3.63, 3.8) is 0 Å². The minimum atomic E-state index is 0.862. The Morgan fingerprint density at radius 2 is 0.891 bits per heavy atom. The Kier molecular flexibility index (Phi) is 8.61. The fourth-order valence-electron chi connectivity index (χ4n) is 9.70. The minimum absolute atomic E-state index is 0.862. The summed E-state index contributed by atoms with van der Waals surface area (Å²) in [7, 11) is 0. The monoisotopic (exact) mass is 851 g/mol. The van der Waals surface area contributed by atoms with Crippen LogP contribution in [0, 0.1) is 0 Å². The van der Waals surface area contributed by atoms with Crippen LogP contribution in [0.4, 0.5) is 17.1 Å². The van der Waals surface area contributed by atoms with Crippen molar-refractivity contribution in [2.45, 2.75) is 0 Å². The predicted octanol–water partition coefficient (Wildman–Crippen LogP) is 18.5. The van der Waals surface area contributed by atoms with Crippen LogP contribution in [0.5, 0.6) is 0 Å². The molecule has 0 spiro atoms. The van der Waals surface area contributed by atoms with Crippen molar-refractivity contribution in [2.24, 2.45) is 0 Å². The van der Waals surface area contributed by atoms with E-state index in [1.54, 1.807) is 0 Å². The van der Waals surface area contributed by atoms with Gasteiger partial charge in [-0.05, 0) is 99.6 Å². The molecule has 0 bridgehead atoms. The van der Waals surface area contributed by atoms with Gasteiger partial charge in [0.25, 0.3) is 0 Å². The molecule has 13 rings (SSSR count). The Morgan fingerprint density at radius 3 is 1.64 bits per heavy atom. The van der Waals surface area contributed by atoms with E-state index in [9.17, 15) is 0 Å². The third-order valence-corrected chi connectivity index (χ3v) is 15.0. The Hall–Kier alpha value is -7.76. The van der Waals surface area contributed by atoms with Gasteiger partial charge < -0.3 is 9.32 Å². The lowest BCUT2D eigenvalue weighted by Gasteiger charge is -2.27. The lowest BCUT2D eigenvalue weighted by Crippen LogP contribution is -2.10. The van der Waals surface area contributed by atoms with Gasteiger partial charge >= 0.3 is 0 Å². The highest BCUT2D eigenvalue weighted by molar-refractivity contribution is 7.26. The second-order valence-corrected chi connectivity index (χ2v) is 18.5. The van der Waals surface area contributed by atoms with Crippen LogP contribution in [0.25, 0.3) is 107 Å². The van der Waals surface area contributed by atoms with Crippen LogP contribution >= 0.6 is 22.7 Å². The third kappa shape index (κ3) is 5.99. The minimum Gasteiger partial charge on any atom is -0.455 e. The van der Waals surface area contributed by atoms with Crippen LogP contribution < -0.4 is 4.90 Å². The second kappa shape index (κ2) is 15.0. The van der Waals surface area contributed by atoms with Gasteiger partial charge in [0.1, 0.15) is 11.2 Å². The molecule has 64 heavy (non-hydrogen) atoms. The fraction of sp³-hybridized carbons (Fsp3) is 0. The molecular weight excluding hydrogens is 815 g/mol. The summed E-state index contributed by atoms with van der Waals surface area (Å²) < 4.78 is 12.2. The highest BCUT2D eigenvalue weighted by Gasteiger charge is 2.25. The molecule has 0 atom stereocenters. The van der Waals surface area contributed by atoms with Crippen molar-refractivity contribution in [1.29, 1.82) is 0 Å². The van der Waals surface area contributed by atoms with E-state index in [1.807, 2.05) is 22.7 Å². The molecule has 3 aromatic heterocycles. The zero-order valence-electron chi connectivity index (χ0n) is 34.5. The first-order chi connectivity index (χ1) is 31.7. The first-order valence-electron chi connectivity index (χ1n) is 21.7. The fourth-order valence-corrected chi connectivity index (χ4v) is 12.1. The summed E-state index contributed by atoms with van der Waals surface area (Å²) in [6, 6.07) is 81.5. The van der Waals surface area contributed by atoms with E-state index in [0.29, 0.717) is 0 Å². The molecule has 0 aliphatic rings. The van der Waals surface area contributed by atoms with Gasteiger partial charge in [0.15, 0.2) is 0 Å². The summed E-state index contributed by atoms with van der Waals surface area (Å²) in [6.07, 6.45) is 0. The van der Waals surface area contributed by atoms with E-state index in [-0.39, 0.29) is 0 Å². The molecule has 0 unspecified atom stereocenters. The van der Waals surface area contributed by atoms with E-state index in [0.717, 1.165) is 61.3 Å². The van der Waals surface area contributed by atoms with Crippen molar-refractivity contribution >= 4 is 102 Å². The van der Waals surface area contributed by atoms with Gasteiger partial charge in [0.05, 0.1) is 11.1 Å². The Bertz CT molecular complexity index is 3890. The highest BCUT2D eigenvalue weighted by atomic mass is 32.1. The molecule has 13 aromatic rings. The lowest BCUT2D eigenvalue weighted by molar-refractivity contribution is 0.670. The summed E-state index contributed by atoms with van der Waals surface area (Å²) in [6.45, 7) is 0. The molecule has 3 heterocycles. The maximum absolute atomic E-state index is 7.09. The number of hydrogen-bond acceptors (Lipinski definition) is 4. The maximum Gasteiger partial charge on any atom is 0.145 e. The van der Waals surface area contributed by atoms with Crippen LogP contribution in [-0.4, -0.2) is 0 Å². The van der Waals surface area contributed by atoms with Gasteiger partial charge in [-0.2, -0.15) is 0 Å². The van der Waals surface area contributed by atoms with Crippen molar-refractivity contribution in [3.8, 4) is 44.5 Å². The van der Waals surface area contributed by atoms with E-state index >= 15 is 0 Å². The third-order valence-electron chi connectivity index (χ3n) is 12.7. The largest absolute Gasteiger partial charge is 0.455 e. The molecule has 0 aliphatic heterocycles. The summed E-state index contributed by atoms with van der Waals surface area (Å²) in [5.74, 6) is 0. The second-order valence-electron chi connectivity index (χ2n) is 16.4. The Labute approximate surface area is 378 Å². The smallest absolute Gasteiger partial charge is 0.145 e. The van der Waals surface area contributed by atoms with Crippen LogP contribution in [0.3, 0.4) is 0 Å². The van der Waals surface area contributed by atoms with E-state index in [1.165, 1.54) is 62.6 Å². The molecular formula is C60H37NOS2. The van der Waals surface area contributed by atoms with E-state index < -0.39 is 0 Å². The summed E-state index contributed by atoms with van der Waals surface area (Å²) in [5.41, 5.74) is 14.4. The van der Waals surface area contributed by atoms with Crippen molar-refractivity contribution < 1.29 is 4.42 Å². The first kappa shape index (κ1) is 36.9. The molecule has 0 N–H and O–H groups in total. The van der Waals surface area contributed by atoms with Crippen molar-refractivity contribution in [2.75, 3.05) is 4.90 Å². The van der Waals surface area contributed by atoms with Crippen molar-refractivity contribution in [1.82, 2.24) is 0 Å². The van der Waals surface area contributed by atoms with Gasteiger partial charge in [-0.3, -0.25) is 0 Å². The maximum atomic E-state index is 7.09. The molecule has 0 aliphatic carbocycles. The molecule has 10 aromatic carbocycles. The topological polar surface area (TPSA) is 16.4 Å². The molecule has 0 saturated carbocycles. The number of furan rings is 1. The first-order valence-corrected chi connectivity index (χ1v) is 23.3. The molecule has 2 nitrogen and oxygen atoms in total. The number of nitrogens with zero attached hydrogens (tertiary/aromatic N) is 1. The van der Waals surface area contributed by atoms with Crippen LogP contribution in [0.1, 0.15) is 0 Å². The molecule has 0 amide bonds. The zero-order valence-corrected chi connectivity index (χ0v) is 36.2. The average Bonchev–Trinajstić information content (AvgIpc) is 4.06. The number of fused-ring (bicyclic) bond motifs is 9. The number of rotatable bonds is 7. The van der Waals surface area contributed by atoms with Crippen molar-refractivity contribution in [3.05, 3.63) is 224 Å². The summed E-state index contributed by atoms with van der Waals surface area (Å²) in [5, 5.41) is 7.25. The van der Waals surface area contributed by atoms with E-state index in [2.05, 4.69) is 229 Å². The normalized spacial score (nSPS) is 11.8. The van der Waals surface area contributed by atoms with Gasteiger partial charge in [0.2, 0.25) is 0 Å². The van der Waals surface area contributed by atoms with Crippen LogP contribution in [0.2, 0.25) is 0 Å². The number of benzene rings is 10. The SMILES string of the molecule is c1ccc(-c2ccc3c(c2)oc2c(-c4ccccc4)ccc(N(c4ccc5c(c4)sc4ccccc45)c4ccc5sc6c(-c7ccccc7)ccc(-c7ccccc7)c6c5c4)c23)cc1. The van der Waals surface area contributed by atoms with Gasteiger partial charge in [0, 0.05) is 62.7 Å². The van der Waals surface area contributed by atoms with E-state index in [4.69, 9.17) is 4.42 Å². The molecule has 0 saturated heterocycles. The summed E-state index contributed by atoms with van der Waals surface area (Å²) >= 11 is 3.73. The lowest BCUT2D eigenvalue weighted by atomic mass is 9.94. The van der Waals surface area contributed by atoms with Gasteiger partial charge in [-0.1, -0.05) is 164 Å². The summed E-state index contributed by atoms with van der Waals surface area (Å²) in [4.78, 5) is 2.47. The Morgan fingerprint density at radius 1 is 0.328 bits per heavy atom. The van der Waals surface area contributed by atoms with Gasteiger partial charge in [-0.15, -0.1) is 22.7 Å². The van der Waals surface area contributed by atoms with Crippen LogP contribution in [0.15, 0.2) is 229 Å². The standard InChI is InChI=1S/C60H37NOS2/c1-5-15-38(16-6-1)42-25-28-50-53(35-42)62-59-46(40-19-9-3-10-20-40)32-33-52(58(50)59)61(44-26-29-49-48-23-13-14-24-54(48)63-56(49)37-44)43-27-34-55-51(36-43)57-45(39-17-7-2-8-18-39)30-31-47(60(57)64-55)41-21-11-4-12-22-41/h1-37H. The number of thiophene rings is 2. The Balaban J connectivity index is 1.11. The molecule has 0 radical (unpaired) electrons. The average molecular weight is 852 g/mol. The predicted molar refractivity (Wildman–Crippen MR) is 276 cm³/mol. The van der Waals surface area contributed by atoms with Gasteiger partial charge in [-0.25, -0.2) is 0 Å². The molecule has 0 fully saturated rings. The molecule has 4 heteroatoms. The highest BCUT2D eigenvalue weighted by Crippen LogP contribution is 2.51. The number of hydrogen-bond donors (Lipinski definition) is 0. The van der Waals surface area contributed by atoms with Crippen LogP contribution in [-0.2, 0) is 0 Å². The zero-order chi connectivity index (χ0) is 42.1. The number of anilines is 3. The quantitative estimate of drug-likeness (QED) is 0.159.